The fourth-order valence-corrected chi connectivity index (χ4v) is 7.72. The molecule has 0 saturated carbocycles. The van der Waals surface area contributed by atoms with E-state index in [0.717, 1.165) is 19.3 Å². The Morgan fingerprint density at radius 1 is 0.442 bits per heavy atom. The maximum atomic E-state index is 2.48. The Morgan fingerprint density at radius 2 is 1.12 bits per heavy atom. The van der Waals surface area contributed by atoms with Crippen molar-refractivity contribution in [3.63, 3.8) is 0 Å². The lowest BCUT2D eigenvalue weighted by atomic mass is 9.80. The molecule has 0 spiro atoms. The van der Waals surface area contributed by atoms with E-state index in [2.05, 4.69) is 146 Å². The summed E-state index contributed by atoms with van der Waals surface area (Å²) in [5.41, 5.74) is 16.5. The largest absolute Gasteiger partial charge is 0.0836 e. The van der Waals surface area contributed by atoms with Crippen molar-refractivity contribution >= 4 is 27.6 Å². The maximum absolute atomic E-state index is 2.48. The third-order valence-electron chi connectivity index (χ3n) is 9.58. The Labute approximate surface area is 252 Å². The molecular weight excluding hydrogens is 516 g/mol. The van der Waals surface area contributed by atoms with Crippen molar-refractivity contribution in [2.75, 3.05) is 0 Å². The number of hydrogen-bond acceptors (Lipinski definition) is 0. The highest BCUT2D eigenvalue weighted by atomic mass is 14.3. The van der Waals surface area contributed by atoms with Crippen molar-refractivity contribution in [1.82, 2.24) is 0 Å². The lowest BCUT2D eigenvalue weighted by Gasteiger charge is -2.24. The minimum Gasteiger partial charge on any atom is -0.0836 e. The molecular formula is C43H30. The molecule has 0 bridgehead atoms. The molecule has 0 radical (unpaired) electrons. The molecule has 0 aliphatic heterocycles. The molecule has 9 rings (SSSR count). The van der Waals surface area contributed by atoms with Gasteiger partial charge in [-0.25, -0.2) is 0 Å². The fraction of sp³-hybridized carbons (Fsp3) is 0.0698. The number of rotatable bonds is 3. The van der Waals surface area contributed by atoms with Crippen LogP contribution in [-0.2, 0) is 12.8 Å². The number of benzene rings is 7. The van der Waals surface area contributed by atoms with Gasteiger partial charge in [0.1, 0.15) is 0 Å². The van der Waals surface area contributed by atoms with Gasteiger partial charge in [-0.1, -0.05) is 146 Å². The van der Waals surface area contributed by atoms with Crippen molar-refractivity contribution < 1.29 is 0 Å². The monoisotopic (exact) mass is 546 g/mol. The molecule has 43 heavy (non-hydrogen) atoms. The van der Waals surface area contributed by atoms with Crippen molar-refractivity contribution in [1.29, 1.82) is 0 Å². The van der Waals surface area contributed by atoms with Gasteiger partial charge in [0, 0.05) is 0 Å². The minimum absolute atomic E-state index is 0.954. The first-order valence-electron chi connectivity index (χ1n) is 15.4. The van der Waals surface area contributed by atoms with Crippen LogP contribution in [0, 0.1) is 0 Å². The predicted molar refractivity (Wildman–Crippen MR) is 183 cm³/mol. The molecule has 0 atom stereocenters. The van der Waals surface area contributed by atoms with E-state index in [-0.39, 0.29) is 0 Å². The van der Waals surface area contributed by atoms with Gasteiger partial charge in [-0.15, -0.1) is 0 Å². The summed E-state index contributed by atoms with van der Waals surface area (Å²) >= 11 is 0. The zero-order valence-electron chi connectivity index (χ0n) is 24.0. The van der Waals surface area contributed by atoms with Gasteiger partial charge in [0.2, 0.25) is 0 Å². The zero-order valence-corrected chi connectivity index (χ0v) is 24.0. The highest BCUT2D eigenvalue weighted by molar-refractivity contribution is 6.10. The van der Waals surface area contributed by atoms with Gasteiger partial charge in [0.05, 0.1) is 0 Å². The molecule has 0 unspecified atom stereocenters. The van der Waals surface area contributed by atoms with E-state index in [1.807, 2.05) is 0 Å². The zero-order chi connectivity index (χ0) is 28.3. The first-order valence-corrected chi connectivity index (χ1v) is 15.4. The van der Waals surface area contributed by atoms with E-state index < -0.39 is 0 Å². The molecule has 0 heterocycles. The van der Waals surface area contributed by atoms with Crippen LogP contribution in [0.4, 0.5) is 0 Å². The third kappa shape index (κ3) is 3.76. The van der Waals surface area contributed by atoms with Gasteiger partial charge >= 0.3 is 0 Å². The van der Waals surface area contributed by atoms with Crippen LogP contribution >= 0.6 is 0 Å². The van der Waals surface area contributed by atoms with Crippen LogP contribution in [0.3, 0.4) is 0 Å². The second-order valence-corrected chi connectivity index (χ2v) is 11.9. The van der Waals surface area contributed by atoms with Gasteiger partial charge in [-0.05, 0) is 108 Å². The maximum Gasteiger partial charge on any atom is -0.000706 e. The van der Waals surface area contributed by atoms with Crippen LogP contribution in [0.5, 0.6) is 0 Å². The van der Waals surface area contributed by atoms with Crippen LogP contribution in [0.1, 0.15) is 28.7 Å². The van der Waals surface area contributed by atoms with Gasteiger partial charge in [0.15, 0.2) is 0 Å². The molecule has 0 aromatic heterocycles. The summed E-state index contributed by atoms with van der Waals surface area (Å²) in [6.45, 7) is 0. The second-order valence-electron chi connectivity index (χ2n) is 11.9. The highest BCUT2D eigenvalue weighted by Gasteiger charge is 2.25. The molecule has 7 aromatic carbocycles. The number of fused-ring (bicyclic) bond motifs is 6. The van der Waals surface area contributed by atoms with Gasteiger partial charge < -0.3 is 0 Å². The summed E-state index contributed by atoms with van der Waals surface area (Å²) in [4.78, 5) is 0. The van der Waals surface area contributed by atoms with Crippen LogP contribution in [-0.4, -0.2) is 0 Å². The fourth-order valence-electron chi connectivity index (χ4n) is 7.72. The Morgan fingerprint density at radius 3 is 1.98 bits per heavy atom. The first-order chi connectivity index (χ1) is 21.3. The number of hydrogen-bond donors (Lipinski definition) is 0. The summed E-state index contributed by atoms with van der Waals surface area (Å²) in [7, 11) is 0. The Bertz CT molecular complexity index is 2240. The predicted octanol–water partition coefficient (Wildman–Crippen LogP) is 11.5. The summed E-state index contributed by atoms with van der Waals surface area (Å²) < 4.78 is 0. The quantitative estimate of drug-likeness (QED) is 0.207. The molecule has 202 valence electrons. The Kier molecular flexibility index (Phi) is 5.49. The summed E-state index contributed by atoms with van der Waals surface area (Å²) in [5.74, 6) is 0. The molecule has 0 amide bonds. The van der Waals surface area contributed by atoms with Crippen molar-refractivity contribution in [3.8, 4) is 44.5 Å². The van der Waals surface area contributed by atoms with E-state index in [9.17, 15) is 0 Å². The minimum atomic E-state index is 0.954. The first kappa shape index (κ1) is 24.4. The highest BCUT2D eigenvalue weighted by Crippen LogP contribution is 2.48. The van der Waals surface area contributed by atoms with Crippen LogP contribution in [0.15, 0.2) is 140 Å². The lowest BCUT2D eigenvalue weighted by molar-refractivity contribution is 0.991. The summed E-state index contributed by atoms with van der Waals surface area (Å²) in [5, 5.41) is 5.29. The van der Waals surface area contributed by atoms with E-state index >= 15 is 0 Å². The van der Waals surface area contributed by atoms with Crippen LogP contribution in [0.25, 0.3) is 72.1 Å². The van der Waals surface area contributed by atoms with E-state index in [0.29, 0.717) is 0 Å². The molecule has 0 heteroatoms. The third-order valence-corrected chi connectivity index (χ3v) is 9.58. The smallest absolute Gasteiger partial charge is 0.000706 e. The van der Waals surface area contributed by atoms with E-state index in [4.69, 9.17) is 0 Å². The molecule has 0 fully saturated rings. The summed E-state index contributed by atoms with van der Waals surface area (Å²) in [6, 6.07) is 49.5. The molecule has 0 N–H and O–H groups in total. The molecule has 0 nitrogen and oxygen atoms in total. The van der Waals surface area contributed by atoms with Crippen molar-refractivity contribution in [2.24, 2.45) is 0 Å². The average Bonchev–Trinajstić information content (AvgIpc) is 3.45. The van der Waals surface area contributed by atoms with Crippen LogP contribution in [0.2, 0.25) is 0 Å². The van der Waals surface area contributed by atoms with E-state index in [1.54, 1.807) is 0 Å². The Balaban J connectivity index is 1.23. The standard InChI is InChI=1S/C43H30/c1-2-13-29(14-3-1)42-37-17-6-8-19-39(37)43(40-20-9-7-18-38(40)42)30-24-25-33-31(26-30)27-41-35(33)22-11-23-36(41)34-21-10-15-28-12-4-5-16-32(28)34/h1-6,8-17,19-26H,7,18,27H2. The SMILES string of the molecule is C1=Cc2c(c(-c3ccccc3)c3ccccc3c2-c2ccc3c(c2)Cc2c-3cccc2-c2cccc3ccccc23)CC1. The molecule has 2 aliphatic rings. The lowest BCUT2D eigenvalue weighted by Crippen LogP contribution is -2.02. The molecule has 7 aromatic rings. The summed E-state index contributed by atoms with van der Waals surface area (Å²) in [6.07, 6.45) is 7.85. The molecule has 2 aliphatic carbocycles. The molecule has 0 saturated heterocycles. The number of allylic oxidation sites excluding steroid dienone is 1. The van der Waals surface area contributed by atoms with Gasteiger partial charge in [0.25, 0.3) is 0 Å². The normalized spacial score (nSPS) is 13.2. The van der Waals surface area contributed by atoms with Crippen molar-refractivity contribution in [2.45, 2.75) is 19.3 Å². The Hall–Kier alpha value is -5.20. The van der Waals surface area contributed by atoms with Crippen molar-refractivity contribution in [3.05, 3.63) is 162 Å². The van der Waals surface area contributed by atoms with Gasteiger partial charge in [-0.3, -0.25) is 0 Å². The van der Waals surface area contributed by atoms with Gasteiger partial charge in [-0.2, -0.15) is 0 Å². The topological polar surface area (TPSA) is 0 Å². The van der Waals surface area contributed by atoms with E-state index in [1.165, 1.54) is 88.3 Å². The van der Waals surface area contributed by atoms with Crippen LogP contribution < -0.4 is 0 Å². The second kappa shape index (κ2) is 9.68. The average molecular weight is 547 g/mol.